The van der Waals surface area contributed by atoms with E-state index in [1.54, 1.807) is 0 Å². The second-order valence-electron chi connectivity index (χ2n) is 3.53. The monoisotopic (exact) mass is 251 g/mol. The molecule has 0 unspecified atom stereocenters. The number of carboxylic acid groups (broad SMARTS) is 1. The average molecular weight is 251 g/mol. The van der Waals surface area contributed by atoms with Crippen LogP contribution in [-0.2, 0) is 0 Å². The van der Waals surface area contributed by atoms with Crippen molar-refractivity contribution < 1.29 is 18.7 Å². The van der Waals surface area contributed by atoms with Crippen LogP contribution in [0.2, 0.25) is 0 Å². The molecule has 2 rings (SSSR count). The van der Waals surface area contributed by atoms with E-state index in [1.165, 1.54) is 18.3 Å². The number of nitrogens with one attached hydrogen (secondary N) is 1. The van der Waals surface area contributed by atoms with E-state index in [1.807, 2.05) is 0 Å². The van der Waals surface area contributed by atoms with Crippen molar-refractivity contribution in [2.75, 3.05) is 0 Å². The number of carboxylic acids is 1. The molecule has 2 N–H and O–H groups in total. The van der Waals surface area contributed by atoms with Gasteiger partial charge in [0.15, 0.2) is 11.6 Å². The molecule has 1 heterocycles. The Kier molecular flexibility index (Phi) is 2.93. The van der Waals surface area contributed by atoms with Gasteiger partial charge in [-0.2, -0.15) is 0 Å². The minimum atomic E-state index is -1.43. The Morgan fingerprint density at radius 3 is 2.50 bits per heavy atom. The van der Waals surface area contributed by atoms with Gasteiger partial charge in [-0.05, 0) is 23.8 Å². The van der Waals surface area contributed by atoms with Crippen LogP contribution >= 0.6 is 0 Å². The fourth-order valence-electron chi connectivity index (χ4n) is 1.60. The minimum absolute atomic E-state index is 0.0325. The van der Waals surface area contributed by atoms with Crippen LogP contribution in [-0.4, -0.2) is 16.1 Å². The Balaban J connectivity index is 2.71. The Bertz CT molecular complexity index is 679. The summed E-state index contributed by atoms with van der Waals surface area (Å²) in [6.07, 6.45) is 1.24. The van der Waals surface area contributed by atoms with Gasteiger partial charge in [0.05, 0.1) is 0 Å². The number of aromatic nitrogens is 1. The molecule has 92 valence electrons. The fourth-order valence-corrected chi connectivity index (χ4v) is 1.60. The Morgan fingerprint density at radius 2 is 1.89 bits per heavy atom. The Hall–Kier alpha value is -2.50. The lowest BCUT2D eigenvalue weighted by Crippen LogP contribution is -2.18. The van der Waals surface area contributed by atoms with E-state index in [2.05, 4.69) is 4.98 Å². The summed E-state index contributed by atoms with van der Waals surface area (Å²) in [5, 5.41) is 8.94. The molecule has 1 aromatic heterocycles. The van der Waals surface area contributed by atoms with Gasteiger partial charge in [-0.25, -0.2) is 13.6 Å². The zero-order valence-electron chi connectivity index (χ0n) is 8.91. The first-order valence-electron chi connectivity index (χ1n) is 4.91. The molecule has 0 fully saturated rings. The van der Waals surface area contributed by atoms with Gasteiger partial charge in [-0.15, -0.1) is 0 Å². The molecule has 0 aliphatic carbocycles. The van der Waals surface area contributed by atoms with Crippen LogP contribution in [0.25, 0.3) is 11.1 Å². The van der Waals surface area contributed by atoms with Crippen LogP contribution in [0.1, 0.15) is 10.4 Å². The zero-order valence-corrected chi connectivity index (χ0v) is 8.91. The van der Waals surface area contributed by atoms with E-state index >= 15 is 0 Å². The van der Waals surface area contributed by atoms with Crippen LogP contribution in [0.5, 0.6) is 0 Å². The normalized spacial score (nSPS) is 10.3. The van der Waals surface area contributed by atoms with E-state index in [4.69, 9.17) is 5.11 Å². The minimum Gasteiger partial charge on any atom is -0.477 e. The number of rotatable bonds is 2. The molecule has 0 atom stereocenters. The molecule has 1 aromatic carbocycles. The number of hydrogen-bond donors (Lipinski definition) is 2. The van der Waals surface area contributed by atoms with Crippen molar-refractivity contribution in [1.29, 1.82) is 0 Å². The third kappa shape index (κ3) is 2.00. The van der Waals surface area contributed by atoms with E-state index in [-0.39, 0.29) is 11.1 Å². The van der Waals surface area contributed by atoms with Crippen molar-refractivity contribution in [3.8, 4) is 11.1 Å². The van der Waals surface area contributed by atoms with Crippen molar-refractivity contribution in [1.82, 2.24) is 4.98 Å². The SMILES string of the molecule is O=C(O)c1c(-c2ccc(F)c(F)c2)cc[nH]c1=O. The van der Waals surface area contributed by atoms with Crippen molar-refractivity contribution in [3.05, 3.63) is 58.0 Å². The number of pyridine rings is 1. The van der Waals surface area contributed by atoms with Crippen LogP contribution in [0.15, 0.2) is 35.3 Å². The fraction of sp³-hybridized carbons (Fsp3) is 0. The number of halogens is 2. The highest BCUT2D eigenvalue weighted by Crippen LogP contribution is 2.23. The van der Waals surface area contributed by atoms with Gasteiger partial charge in [-0.1, -0.05) is 6.07 Å². The van der Waals surface area contributed by atoms with Crippen LogP contribution in [0.3, 0.4) is 0 Å². The maximum atomic E-state index is 13.1. The third-order valence-corrected chi connectivity index (χ3v) is 2.41. The molecule has 0 saturated heterocycles. The lowest BCUT2D eigenvalue weighted by atomic mass is 10.0. The topological polar surface area (TPSA) is 70.2 Å². The molecule has 0 spiro atoms. The Labute approximate surface area is 99.5 Å². The van der Waals surface area contributed by atoms with Crippen molar-refractivity contribution in [2.45, 2.75) is 0 Å². The molecule has 2 aromatic rings. The summed E-state index contributed by atoms with van der Waals surface area (Å²) < 4.78 is 25.9. The van der Waals surface area contributed by atoms with Gasteiger partial charge in [0.25, 0.3) is 5.56 Å². The van der Waals surface area contributed by atoms with Gasteiger partial charge < -0.3 is 10.1 Å². The third-order valence-electron chi connectivity index (χ3n) is 2.41. The number of aromatic carboxylic acids is 1. The molecule has 0 aliphatic heterocycles. The Morgan fingerprint density at radius 1 is 1.17 bits per heavy atom. The van der Waals surface area contributed by atoms with E-state index in [0.29, 0.717) is 0 Å². The van der Waals surface area contributed by atoms with Gasteiger partial charge in [0.2, 0.25) is 0 Å². The number of carbonyl (C=O) groups is 1. The van der Waals surface area contributed by atoms with Crippen molar-refractivity contribution in [2.24, 2.45) is 0 Å². The molecule has 0 radical (unpaired) electrons. The summed E-state index contributed by atoms with van der Waals surface area (Å²) in [6, 6.07) is 4.24. The summed E-state index contributed by atoms with van der Waals surface area (Å²) in [7, 11) is 0. The molecular formula is C12H7F2NO3. The molecule has 6 heteroatoms. The van der Waals surface area contributed by atoms with Gasteiger partial charge in [0.1, 0.15) is 5.56 Å². The van der Waals surface area contributed by atoms with Crippen LogP contribution < -0.4 is 5.56 Å². The quantitative estimate of drug-likeness (QED) is 0.857. The summed E-state index contributed by atoms with van der Waals surface area (Å²) in [4.78, 5) is 24.6. The number of hydrogen-bond acceptors (Lipinski definition) is 2. The zero-order chi connectivity index (χ0) is 13.3. The van der Waals surface area contributed by atoms with E-state index in [9.17, 15) is 18.4 Å². The number of benzene rings is 1. The predicted octanol–water partition coefficient (Wildman–Crippen LogP) is 2.02. The largest absolute Gasteiger partial charge is 0.477 e. The first kappa shape index (κ1) is 12.0. The first-order valence-corrected chi connectivity index (χ1v) is 4.91. The van der Waals surface area contributed by atoms with Crippen LogP contribution in [0.4, 0.5) is 8.78 Å². The van der Waals surface area contributed by atoms with Gasteiger partial charge in [-0.3, -0.25) is 4.79 Å². The summed E-state index contributed by atoms with van der Waals surface area (Å²) >= 11 is 0. The maximum Gasteiger partial charge on any atom is 0.341 e. The maximum absolute atomic E-state index is 13.1. The highest BCUT2D eigenvalue weighted by Gasteiger charge is 2.16. The van der Waals surface area contributed by atoms with Crippen molar-refractivity contribution in [3.63, 3.8) is 0 Å². The number of H-pyrrole nitrogens is 1. The molecule has 0 amide bonds. The average Bonchev–Trinajstić information content (AvgIpc) is 2.32. The summed E-state index contributed by atoms with van der Waals surface area (Å²) in [5.74, 6) is -3.58. The summed E-state index contributed by atoms with van der Waals surface area (Å²) in [6.45, 7) is 0. The van der Waals surface area contributed by atoms with Crippen LogP contribution in [0, 0.1) is 11.6 Å². The van der Waals surface area contributed by atoms with Gasteiger partial charge >= 0.3 is 5.97 Å². The molecule has 0 saturated carbocycles. The molecule has 18 heavy (non-hydrogen) atoms. The highest BCUT2D eigenvalue weighted by molar-refractivity contribution is 5.95. The molecular weight excluding hydrogens is 244 g/mol. The molecule has 0 bridgehead atoms. The second kappa shape index (κ2) is 4.40. The molecule has 4 nitrogen and oxygen atoms in total. The summed E-state index contributed by atoms with van der Waals surface area (Å²) in [5.41, 5.74) is -1.16. The van der Waals surface area contributed by atoms with Gasteiger partial charge in [0, 0.05) is 11.8 Å². The highest BCUT2D eigenvalue weighted by atomic mass is 19.2. The standard InChI is InChI=1S/C12H7F2NO3/c13-8-2-1-6(5-9(8)14)7-3-4-15-11(16)10(7)12(17)18/h1-5H,(H,15,16)(H,17,18). The van der Waals surface area contributed by atoms with E-state index < -0.39 is 28.7 Å². The van der Waals surface area contributed by atoms with E-state index in [0.717, 1.165) is 12.1 Å². The smallest absolute Gasteiger partial charge is 0.341 e. The predicted molar refractivity (Wildman–Crippen MR) is 59.4 cm³/mol. The second-order valence-corrected chi connectivity index (χ2v) is 3.53. The first-order chi connectivity index (χ1) is 8.50. The van der Waals surface area contributed by atoms with Crippen molar-refractivity contribution >= 4 is 5.97 Å². The lowest BCUT2D eigenvalue weighted by Gasteiger charge is -2.05. The lowest BCUT2D eigenvalue weighted by molar-refractivity contribution is 0.0696. The molecule has 0 aliphatic rings. The number of aromatic amines is 1.